The van der Waals surface area contributed by atoms with Crippen LogP contribution in [0.25, 0.3) is 0 Å². The maximum atomic E-state index is 5.18. The zero-order valence-electron chi connectivity index (χ0n) is 16.3. The Hall–Kier alpha value is -1.59. The number of aliphatic imine (C=N–C) groups is 1. The Labute approximate surface area is 158 Å². The van der Waals surface area contributed by atoms with Crippen LogP contribution in [-0.4, -0.2) is 64.3 Å². The molecule has 5 nitrogen and oxygen atoms in total. The maximum absolute atomic E-state index is 5.18. The van der Waals surface area contributed by atoms with E-state index < -0.39 is 0 Å². The van der Waals surface area contributed by atoms with Crippen LogP contribution in [0.5, 0.6) is 0 Å². The summed E-state index contributed by atoms with van der Waals surface area (Å²) < 4.78 is 5.18. The minimum absolute atomic E-state index is 0.311. The number of piperidine rings is 1. The van der Waals surface area contributed by atoms with Gasteiger partial charge in [-0.25, -0.2) is 0 Å². The van der Waals surface area contributed by atoms with Crippen LogP contribution in [0.15, 0.2) is 35.3 Å². The molecule has 0 spiro atoms. The molecule has 5 heteroatoms. The van der Waals surface area contributed by atoms with Crippen LogP contribution >= 0.6 is 0 Å². The molecular weight excluding hydrogens is 324 g/mol. The van der Waals surface area contributed by atoms with Crippen LogP contribution in [0, 0.1) is 5.92 Å². The molecule has 1 saturated carbocycles. The van der Waals surface area contributed by atoms with Gasteiger partial charge in [0.1, 0.15) is 0 Å². The standard InChI is InChI=1S/C21H34N4O/c1-22-20(23-16-18-8-12-25(13-9-18)14-15-26-2)24-17-21(10-11-21)19-6-4-3-5-7-19/h3-7,18H,8-17H2,1-2H3,(H2,22,23,24). The van der Waals surface area contributed by atoms with Gasteiger partial charge in [-0.3, -0.25) is 4.99 Å². The van der Waals surface area contributed by atoms with Gasteiger partial charge in [0.15, 0.2) is 5.96 Å². The zero-order chi connectivity index (χ0) is 18.2. The second-order valence-electron chi connectivity index (χ2n) is 7.73. The van der Waals surface area contributed by atoms with Crippen LogP contribution < -0.4 is 10.6 Å². The van der Waals surface area contributed by atoms with Crippen LogP contribution in [-0.2, 0) is 10.2 Å². The Morgan fingerprint density at radius 1 is 1.19 bits per heavy atom. The van der Waals surface area contributed by atoms with Crippen molar-refractivity contribution >= 4 is 5.96 Å². The average molecular weight is 359 g/mol. The predicted octanol–water partition coefficient (Wildman–Crippen LogP) is 2.24. The Bertz CT molecular complexity index is 563. The second-order valence-corrected chi connectivity index (χ2v) is 7.73. The number of hydrogen-bond donors (Lipinski definition) is 2. The van der Waals surface area contributed by atoms with Crippen molar-refractivity contribution in [1.29, 1.82) is 0 Å². The van der Waals surface area contributed by atoms with Crippen molar-refractivity contribution in [2.45, 2.75) is 31.1 Å². The molecule has 0 amide bonds. The zero-order valence-corrected chi connectivity index (χ0v) is 16.3. The molecule has 26 heavy (non-hydrogen) atoms. The molecule has 1 heterocycles. The average Bonchev–Trinajstić information content (AvgIpc) is 3.49. The van der Waals surface area contributed by atoms with Crippen molar-refractivity contribution in [3.63, 3.8) is 0 Å². The summed E-state index contributed by atoms with van der Waals surface area (Å²) in [6.45, 7) is 6.23. The van der Waals surface area contributed by atoms with Crippen molar-refractivity contribution in [3.8, 4) is 0 Å². The maximum Gasteiger partial charge on any atom is 0.191 e. The highest BCUT2D eigenvalue weighted by molar-refractivity contribution is 5.79. The first-order chi connectivity index (χ1) is 12.8. The van der Waals surface area contributed by atoms with E-state index in [0.29, 0.717) is 5.41 Å². The number of nitrogens with zero attached hydrogens (tertiary/aromatic N) is 2. The number of benzene rings is 1. The lowest BCUT2D eigenvalue weighted by Crippen LogP contribution is -2.45. The molecule has 1 aromatic rings. The Morgan fingerprint density at radius 2 is 1.92 bits per heavy atom. The third-order valence-electron chi connectivity index (χ3n) is 5.93. The lowest BCUT2D eigenvalue weighted by Gasteiger charge is -2.32. The van der Waals surface area contributed by atoms with Gasteiger partial charge in [-0.05, 0) is 50.3 Å². The Morgan fingerprint density at radius 3 is 2.54 bits per heavy atom. The number of rotatable bonds is 8. The van der Waals surface area contributed by atoms with Gasteiger partial charge >= 0.3 is 0 Å². The normalized spacial score (nSPS) is 20.8. The summed E-state index contributed by atoms with van der Waals surface area (Å²) in [6, 6.07) is 10.9. The first kappa shape index (κ1) is 19.2. The number of ether oxygens (including phenoxy) is 1. The van der Waals surface area contributed by atoms with E-state index in [-0.39, 0.29) is 0 Å². The molecule has 0 atom stereocenters. The van der Waals surface area contributed by atoms with Crippen molar-refractivity contribution in [2.75, 3.05) is 53.5 Å². The molecule has 1 aliphatic carbocycles. The lowest BCUT2D eigenvalue weighted by molar-refractivity contribution is 0.121. The molecule has 2 aliphatic rings. The fourth-order valence-electron chi connectivity index (χ4n) is 3.86. The van der Waals surface area contributed by atoms with Gasteiger partial charge in [-0.15, -0.1) is 0 Å². The van der Waals surface area contributed by atoms with E-state index in [2.05, 4.69) is 50.9 Å². The number of methoxy groups -OCH3 is 1. The molecule has 1 aromatic carbocycles. The van der Waals surface area contributed by atoms with Crippen molar-refractivity contribution in [3.05, 3.63) is 35.9 Å². The predicted molar refractivity (Wildman–Crippen MR) is 108 cm³/mol. The van der Waals surface area contributed by atoms with Crippen LogP contribution in [0.1, 0.15) is 31.2 Å². The van der Waals surface area contributed by atoms with E-state index in [1.54, 1.807) is 7.11 Å². The summed E-state index contributed by atoms with van der Waals surface area (Å²) in [4.78, 5) is 6.92. The largest absolute Gasteiger partial charge is 0.383 e. The highest BCUT2D eigenvalue weighted by Gasteiger charge is 2.44. The highest BCUT2D eigenvalue weighted by atomic mass is 16.5. The third-order valence-corrected chi connectivity index (χ3v) is 5.93. The van der Waals surface area contributed by atoms with Crippen LogP contribution in [0.4, 0.5) is 0 Å². The lowest BCUT2D eigenvalue weighted by atomic mass is 9.96. The second kappa shape index (κ2) is 9.38. The fraction of sp³-hybridized carbons (Fsp3) is 0.667. The number of likely N-dealkylation sites (tertiary alicyclic amines) is 1. The molecule has 1 saturated heterocycles. The van der Waals surface area contributed by atoms with Gasteiger partial charge in [-0.1, -0.05) is 30.3 Å². The smallest absolute Gasteiger partial charge is 0.191 e. The van der Waals surface area contributed by atoms with E-state index in [4.69, 9.17) is 4.74 Å². The highest BCUT2D eigenvalue weighted by Crippen LogP contribution is 2.47. The fourth-order valence-corrected chi connectivity index (χ4v) is 3.86. The molecule has 0 unspecified atom stereocenters. The van der Waals surface area contributed by atoms with Gasteiger partial charge in [0.25, 0.3) is 0 Å². The van der Waals surface area contributed by atoms with Gasteiger partial charge in [0, 0.05) is 39.2 Å². The summed E-state index contributed by atoms with van der Waals surface area (Å²) in [5.74, 6) is 1.67. The summed E-state index contributed by atoms with van der Waals surface area (Å²) in [7, 11) is 3.64. The van der Waals surface area contributed by atoms with Gasteiger partial charge in [-0.2, -0.15) is 0 Å². The van der Waals surface area contributed by atoms with Gasteiger partial charge in [0.2, 0.25) is 0 Å². The molecule has 1 aliphatic heterocycles. The quantitative estimate of drug-likeness (QED) is 0.553. The molecular formula is C21H34N4O. The van der Waals surface area contributed by atoms with Crippen molar-refractivity contribution in [2.24, 2.45) is 10.9 Å². The first-order valence-electron chi connectivity index (χ1n) is 9.97. The van der Waals surface area contributed by atoms with E-state index >= 15 is 0 Å². The molecule has 0 bridgehead atoms. The van der Waals surface area contributed by atoms with E-state index in [0.717, 1.165) is 38.1 Å². The molecule has 2 N–H and O–H groups in total. The van der Waals surface area contributed by atoms with Crippen molar-refractivity contribution in [1.82, 2.24) is 15.5 Å². The summed E-state index contributed by atoms with van der Waals surface area (Å²) in [5.41, 5.74) is 1.76. The van der Waals surface area contributed by atoms with E-state index in [1.807, 2.05) is 7.05 Å². The molecule has 3 rings (SSSR count). The number of hydrogen-bond acceptors (Lipinski definition) is 3. The Balaban J connectivity index is 1.38. The Kier molecular flexibility index (Phi) is 6.92. The topological polar surface area (TPSA) is 48.9 Å². The van der Waals surface area contributed by atoms with E-state index in [1.165, 1.54) is 44.3 Å². The molecule has 2 fully saturated rings. The van der Waals surface area contributed by atoms with Crippen LogP contribution in [0.2, 0.25) is 0 Å². The molecule has 0 aromatic heterocycles. The van der Waals surface area contributed by atoms with E-state index in [9.17, 15) is 0 Å². The van der Waals surface area contributed by atoms with Gasteiger partial charge in [0.05, 0.1) is 6.61 Å². The number of guanidine groups is 1. The van der Waals surface area contributed by atoms with Crippen LogP contribution in [0.3, 0.4) is 0 Å². The monoisotopic (exact) mass is 358 g/mol. The number of nitrogens with one attached hydrogen (secondary N) is 2. The molecule has 144 valence electrons. The minimum Gasteiger partial charge on any atom is -0.383 e. The first-order valence-corrected chi connectivity index (χ1v) is 9.97. The summed E-state index contributed by atoms with van der Waals surface area (Å²) in [6.07, 6.45) is 5.03. The summed E-state index contributed by atoms with van der Waals surface area (Å²) >= 11 is 0. The SMILES string of the molecule is CN=C(NCC1CCN(CCOC)CC1)NCC1(c2ccccc2)CC1. The molecule has 0 radical (unpaired) electrons. The van der Waals surface area contributed by atoms with Gasteiger partial charge < -0.3 is 20.3 Å². The minimum atomic E-state index is 0.311. The summed E-state index contributed by atoms with van der Waals surface area (Å²) in [5, 5.41) is 7.10. The van der Waals surface area contributed by atoms with Crippen molar-refractivity contribution < 1.29 is 4.74 Å². The third kappa shape index (κ3) is 5.21.